The van der Waals surface area contributed by atoms with Gasteiger partial charge in [0.1, 0.15) is 29.2 Å². The maximum atomic E-state index is 13.2. The molecular formula is C25H32N6O4. The topological polar surface area (TPSA) is 142 Å². The van der Waals surface area contributed by atoms with Crippen molar-refractivity contribution in [1.82, 2.24) is 20.4 Å². The second-order valence-electron chi connectivity index (χ2n) is 9.47. The lowest BCUT2D eigenvalue weighted by Crippen LogP contribution is -2.48. The van der Waals surface area contributed by atoms with E-state index in [9.17, 15) is 14.7 Å². The molecule has 186 valence electrons. The van der Waals surface area contributed by atoms with Crippen molar-refractivity contribution < 1.29 is 19.4 Å². The van der Waals surface area contributed by atoms with Crippen LogP contribution in [0.2, 0.25) is 0 Å². The molecule has 10 nitrogen and oxygen atoms in total. The Kier molecular flexibility index (Phi) is 6.66. The summed E-state index contributed by atoms with van der Waals surface area (Å²) in [5.74, 6) is 0.355. The molecule has 1 fully saturated rings. The van der Waals surface area contributed by atoms with Crippen LogP contribution in [-0.2, 0) is 17.8 Å². The Labute approximate surface area is 204 Å². The fourth-order valence-corrected chi connectivity index (χ4v) is 4.54. The molecule has 0 aromatic heterocycles. The summed E-state index contributed by atoms with van der Waals surface area (Å²) < 4.78 is 5.49. The summed E-state index contributed by atoms with van der Waals surface area (Å²) >= 11 is 0. The lowest BCUT2D eigenvalue weighted by atomic mass is 9.95. The fraction of sp³-hybridized carbons (Fsp3) is 0.440. The van der Waals surface area contributed by atoms with E-state index in [0.717, 1.165) is 17.5 Å². The van der Waals surface area contributed by atoms with Gasteiger partial charge in [-0.3, -0.25) is 20.4 Å². The Bertz CT molecular complexity index is 1130. The number of fused-ring (bicyclic) bond motifs is 1. The van der Waals surface area contributed by atoms with Crippen molar-refractivity contribution in [1.29, 1.82) is 10.8 Å². The summed E-state index contributed by atoms with van der Waals surface area (Å²) in [5.41, 5.74) is 1.24. The summed E-state index contributed by atoms with van der Waals surface area (Å²) in [6, 6.07) is 3.57. The van der Waals surface area contributed by atoms with Gasteiger partial charge >= 0.3 is 0 Å². The Balaban J connectivity index is 1.48. The number of ether oxygens (including phenoxy) is 1. The van der Waals surface area contributed by atoms with E-state index in [1.165, 1.54) is 21.0 Å². The molecular weight excluding hydrogens is 448 g/mol. The number of nitrogens with one attached hydrogen (secondary N) is 4. The molecule has 4 rings (SSSR count). The summed E-state index contributed by atoms with van der Waals surface area (Å²) in [5, 5.41) is 32.6. The van der Waals surface area contributed by atoms with Crippen LogP contribution in [-0.4, -0.2) is 70.4 Å². The number of hydrogen-bond acceptors (Lipinski definition) is 7. The monoisotopic (exact) mass is 480 g/mol. The molecule has 35 heavy (non-hydrogen) atoms. The first-order chi connectivity index (χ1) is 16.6. The van der Waals surface area contributed by atoms with Gasteiger partial charge in [0, 0.05) is 26.1 Å². The van der Waals surface area contributed by atoms with E-state index < -0.39 is 11.8 Å². The van der Waals surface area contributed by atoms with Crippen molar-refractivity contribution in [2.24, 2.45) is 0 Å². The molecule has 0 radical (unpaired) electrons. The van der Waals surface area contributed by atoms with Crippen molar-refractivity contribution in [3.05, 3.63) is 52.7 Å². The number of amides is 2. The maximum absolute atomic E-state index is 13.2. The first-order valence-corrected chi connectivity index (χ1v) is 11.7. The Morgan fingerprint density at radius 2 is 2.00 bits per heavy atom. The Hall–Kier alpha value is -3.66. The standard InChI is InChI=1S/C25H32N6O4/c1-25(2,34)24(33)30-11-9-15-13-19(35-3)17(12-16(15)14-30)23(32)29-21-8-4-6-18(28-21)22(27)31-10-5-7-20(31)26/h4,6,8,12-13,21,26-28,34H,5,7,9-11,14H2,1-3H3,(H,29,32). The van der Waals surface area contributed by atoms with Crippen LogP contribution >= 0.6 is 0 Å². The smallest absolute Gasteiger partial charge is 0.256 e. The number of rotatable bonds is 5. The normalized spacial score (nSPS) is 19.6. The highest BCUT2D eigenvalue weighted by Crippen LogP contribution is 2.29. The van der Waals surface area contributed by atoms with Gasteiger partial charge in [-0.1, -0.05) is 6.08 Å². The molecule has 10 heteroatoms. The summed E-state index contributed by atoms with van der Waals surface area (Å²) in [6.07, 6.45) is 6.86. The zero-order chi connectivity index (χ0) is 25.3. The van der Waals surface area contributed by atoms with Gasteiger partial charge in [0.15, 0.2) is 0 Å². The van der Waals surface area contributed by atoms with Gasteiger partial charge in [-0.2, -0.15) is 0 Å². The van der Waals surface area contributed by atoms with Gasteiger partial charge < -0.3 is 30.3 Å². The van der Waals surface area contributed by atoms with Crippen LogP contribution < -0.4 is 15.4 Å². The molecule has 5 N–H and O–H groups in total. The second kappa shape index (κ2) is 9.53. The molecule has 3 aliphatic heterocycles. The molecule has 3 aliphatic rings. The van der Waals surface area contributed by atoms with Crippen LogP contribution in [0.4, 0.5) is 0 Å². The lowest BCUT2D eigenvalue weighted by Gasteiger charge is -2.33. The van der Waals surface area contributed by atoms with Gasteiger partial charge in [0.05, 0.1) is 18.4 Å². The van der Waals surface area contributed by atoms with Crippen molar-refractivity contribution in [2.45, 2.75) is 51.4 Å². The van der Waals surface area contributed by atoms with Crippen LogP contribution in [0.5, 0.6) is 5.75 Å². The molecule has 1 aromatic rings. The van der Waals surface area contributed by atoms with E-state index in [4.69, 9.17) is 15.6 Å². The summed E-state index contributed by atoms with van der Waals surface area (Å²) in [6.45, 7) is 4.36. The average molecular weight is 481 g/mol. The largest absolute Gasteiger partial charge is 0.496 e. The number of dihydropyridines is 1. The summed E-state index contributed by atoms with van der Waals surface area (Å²) in [4.78, 5) is 29.0. The summed E-state index contributed by atoms with van der Waals surface area (Å²) in [7, 11) is 1.51. The first-order valence-electron chi connectivity index (χ1n) is 11.7. The SMILES string of the molecule is COc1cc2c(cc1C(=O)NC1C=CC=C(C(=N)N3CCCC3=N)N1)CN(C(=O)C(C)(C)O)CC2. The average Bonchev–Trinajstić information content (AvgIpc) is 3.27. The van der Waals surface area contributed by atoms with Crippen LogP contribution in [0.25, 0.3) is 0 Å². The number of carbonyl (C=O) groups is 2. The van der Waals surface area contributed by atoms with Gasteiger partial charge in [0.2, 0.25) is 0 Å². The molecule has 0 saturated carbocycles. The molecule has 1 atom stereocenters. The minimum Gasteiger partial charge on any atom is -0.496 e. The number of aliphatic hydroxyl groups is 1. The number of carbonyl (C=O) groups excluding carboxylic acids is 2. The molecule has 1 saturated heterocycles. The van der Waals surface area contributed by atoms with Crippen molar-refractivity contribution >= 4 is 23.5 Å². The predicted octanol–water partition coefficient (Wildman–Crippen LogP) is 1.50. The molecule has 1 aromatic carbocycles. The quantitative estimate of drug-likeness (QED) is 0.319. The highest BCUT2D eigenvalue weighted by Gasteiger charge is 2.32. The number of nitrogens with zero attached hydrogens (tertiary/aromatic N) is 2. The van der Waals surface area contributed by atoms with E-state index in [2.05, 4.69) is 10.6 Å². The zero-order valence-electron chi connectivity index (χ0n) is 20.3. The number of allylic oxidation sites excluding steroid dienone is 2. The fourth-order valence-electron chi connectivity index (χ4n) is 4.54. The van der Waals surface area contributed by atoms with Gasteiger partial charge in [-0.05, 0) is 62.1 Å². The van der Waals surface area contributed by atoms with E-state index in [0.29, 0.717) is 55.3 Å². The number of hydrogen-bond donors (Lipinski definition) is 5. The zero-order valence-corrected chi connectivity index (χ0v) is 20.3. The van der Waals surface area contributed by atoms with E-state index in [1.54, 1.807) is 34.1 Å². The lowest BCUT2D eigenvalue weighted by molar-refractivity contribution is -0.148. The highest BCUT2D eigenvalue weighted by atomic mass is 16.5. The molecule has 0 spiro atoms. The Morgan fingerprint density at radius 3 is 2.66 bits per heavy atom. The Morgan fingerprint density at radius 1 is 1.23 bits per heavy atom. The van der Waals surface area contributed by atoms with Crippen molar-refractivity contribution in [3.8, 4) is 5.75 Å². The predicted molar refractivity (Wildman–Crippen MR) is 131 cm³/mol. The third kappa shape index (κ3) is 5.07. The van der Waals surface area contributed by atoms with Gasteiger partial charge in [-0.25, -0.2) is 0 Å². The number of likely N-dealkylation sites (tertiary alicyclic amines) is 1. The van der Waals surface area contributed by atoms with Gasteiger partial charge in [0.25, 0.3) is 11.8 Å². The highest BCUT2D eigenvalue weighted by molar-refractivity contribution is 6.07. The third-order valence-electron chi connectivity index (χ3n) is 6.40. The molecule has 0 aliphatic carbocycles. The molecule has 1 unspecified atom stereocenters. The minimum absolute atomic E-state index is 0.207. The number of amidine groups is 2. The van der Waals surface area contributed by atoms with Crippen molar-refractivity contribution in [3.63, 3.8) is 0 Å². The van der Waals surface area contributed by atoms with E-state index in [-0.39, 0.29) is 17.6 Å². The van der Waals surface area contributed by atoms with Crippen LogP contribution in [0.15, 0.2) is 36.1 Å². The van der Waals surface area contributed by atoms with E-state index in [1.807, 2.05) is 6.07 Å². The number of methoxy groups -OCH3 is 1. The molecule has 2 amide bonds. The van der Waals surface area contributed by atoms with Crippen molar-refractivity contribution in [2.75, 3.05) is 20.2 Å². The first kappa shape index (κ1) is 24.5. The van der Waals surface area contributed by atoms with E-state index >= 15 is 0 Å². The van der Waals surface area contributed by atoms with Gasteiger partial charge in [-0.15, -0.1) is 0 Å². The molecule has 0 bridgehead atoms. The second-order valence-corrected chi connectivity index (χ2v) is 9.47. The molecule has 3 heterocycles. The van der Waals surface area contributed by atoms with Crippen LogP contribution in [0.1, 0.15) is 48.2 Å². The number of benzene rings is 1. The maximum Gasteiger partial charge on any atom is 0.256 e. The minimum atomic E-state index is -1.46. The van der Waals surface area contributed by atoms with Crippen LogP contribution in [0, 0.1) is 10.8 Å². The third-order valence-corrected chi connectivity index (χ3v) is 6.40. The van der Waals surface area contributed by atoms with Crippen LogP contribution in [0.3, 0.4) is 0 Å².